The van der Waals surface area contributed by atoms with E-state index in [0.29, 0.717) is 25.7 Å². The normalized spacial score (nSPS) is 32.0. The van der Waals surface area contributed by atoms with Crippen molar-refractivity contribution in [1.82, 2.24) is 4.98 Å². The summed E-state index contributed by atoms with van der Waals surface area (Å²) in [6, 6.07) is 11.4. The minimum atomic E-state index is -5.86. The molecule has 3 nitrogen and oxygen atoms in total. The number of fused-ring (bicyclic) bond motifs is 4. The first-order chi connectivity index (χ1) is 19.4. The molecule has 2 saturated carbocycles. The molecular formula is C33H32F5NO2. The Bertz CT molecular complexity index is 1460. The summed E-state index contributed by atoms with van der Waals surface area (Å²) in [6.45, 7) is 1.45. The van der Waals surface area contributed by atoms with Crippen LogP contribution in [0.5, 0.6) is 0 Å². The molecule has 216 valence electrons. The fraction of sp³-hybridized carbons (Fsp3) is 0.455. The first kappa shape index (κ1) is 28.0. The van der Waals surface area contributed by atoms with Crippen LogP contribution in [0.4, 0.5) is 22.0 Å². The standard InChI is InChI=1S/C33H32F5NO2/c1-30-19-27(22-4-2-3-21(17-22)6-5-20-12-15-39-16-13-20)29-25-10-8-24(40)18-23(25)7-9-26(29)28(30)11-14-31(30,41)32(34,35)33(36,37)38/h2-6,12-13,15-18,26-28,41H,7-11,14,19H2,1H3/t26-,27+,28-,30-,31-/m0/s1. The predicted octanol–water partition coefficient (Wildman–Crippen LogP) is 8.08. The number of benzene rings is 1. The molecule has 0 radical (unpaired) electrons. The monoisotopic (exact) mass is 569 g/mol. The molecule has 4 aliphatic rings. The first-order valence-corrected chi connectivity index (χ1v) is 14.2. The topological polar surface area (TPSA) is 50.2 Å². The molecule has 0 bridgehead atoms. The third-order valence-corrected chi connectivity index (χ3v) is 10.2. The van der Waals surface area contributed by atoms with E-state index in [1.54, 1.807) is 18.5 Å². The van der Waals surface area contributed by atoms with Crippen LogP contribution in [-0.4, -0.2) is 33.6 Å². The Morgan fingerprint density at radius 3 is 2.44 bits per heavy atom. The van der Waals surface area contributed by atoms with Gasteiger partial charge in [-0.25, -0.2) is 0 Å². The van der Waals surface area contributed by atoms with Crippen LogP contribution in [0.25, 0.3) is 12.2 Å². The van der Waals surface area contributed by atoms with Gasteiger partial charge < -0.3 is 5.11 Å². The molecule has 0 unspecified atom stereocenters. The van der Waals surface area contributed by atoms with Crippen LogP contribution in [0.3, 0.4) is 0 Å². The predicted molar refractivity (Wildman–Crippen MR) is 146 cm³/mol. The Morgan fingerprint density at radius 1 is 0.976 bits per heavy atom. The number of pyridine rings is 1. The third kappa shape index (κ3) is 4.32. The van der Waals surface area contributed by atoms with E-state index < -0.39 is 41.4 Å². The van der Waals surface area contributed by atoms with Gasteiger partial charge in [-0.15, -0.1) is 0 Å². The zero-order valence-electron chi connectivity index (χ0n) is 22.7. The number of carbonyl (C=O) groups excluding carboxylic acids is 1. The molecule has 1 N–H and O–H groups in total. The molecule has 2 fully saturated rings. The summed E-state index contributed by atoms with van der Waals surface area (Å²) in [5, 5.41) is 11.4. The maximum Gasteiger partial charge on any atom is 0.456 e. The van der Waals surface area contributed by atoms with Crippen molar-refractivity contribution in [1.29, 1.82) is 0 Å². The molecule has 0 amide bonds. The van der Waals surface area contributed by atoms with Crippen molar-refractivity contribution in [2.45, 2.75) is 75.5 Å². The van der Waals surface area contributed by atoms with Crippen LogP contribution in [0.1, 0.15) is 74.5 Å². The van der Waals surface area contributed by atoms with Gasteiger partial charge in [0.15, 0.2) is 5.78 Å². The number of ketones is 1. The van der Waals surface area contributed by atoms with E-state index in [1.807, 2.05) is 48.6 Å². The average Bonchev–Trinajstić information content (AvgIpc) is 3.22. The Morgan fingerprint density at radius 2 is 1.71 bits per heavy atom. The summed E-state index contributed by atoms with van der Waals surface area (Å²) in [6.07, 6.45) is 4.54. The number of aromatic nitrogens is 1. The van der Waals surface area contributed by atoms with Gasteiger partial charge in [0.25, 0.3) is 0 Å². The molecule has 0 saturated heterocycles. The van der Waals surface area contributed by atoms with Gasteiger partial charge in [-0.05, 0) is 96.4 Å². The number of hydrogen-bond acceptors (Lipinski definition) is 3. The maximum atomic E-state index is 15.2. The summed E-state index contributed by atoms with van der Waals surface area (Å²) in [5.41, 5.74) is 0.829. The van der Waals surface area contributed by atoms with E-state index in [9.17, 15) is 23.1 Å². The fourth-order valence-electron chi connectivity index (χ4n) is 8.26. The van der Waals surface area contributed by atoms with Gasteiger partial charge in [-0.3, -0.25) is 9.78 Å². The van der Waals surface area contributed by atoms with Crippen molar-refractivity contribution < 1.29 is 31.9 Å². The lowest BCUT2D eigenvalue weighted by molar-refractivity contribution is -0.362. The minimum absolute atomic E-state index is 0.0338. The van der Waals surface area contributed by atoms with Crippen LogP contribution in [-0.2, 0) is 4.79 Å². The largest absolute Gasteiger partial charge is 0.456 e. The van der Waals surface area contributed by atoms with Crippen molar-refractivity contribution in [3.63, 3.8) is 0 Å². The van der Waals surface area contributed by atoms with Gasteiger partial charge in [0, 0.05) is 30.1 Å². The highest BCUT2D eigenvalue weighted by Crippen LogP contribution is 2.70. The van der Waals surface area contributed by atoms with Gasteiger partial charge in [0.1, 0.15) is 5.60 Å². The van der Waals surface area contributed by atoms with Crippen molar-refractivity contribution >= 4 is 17.9 Å². The molecule has 5 atom stereocenters. The van der Waals surface area contributed by atoms with Crippen LogP contribution >= 0.6 is 0 Å². The number of rotatable bonds is 4. The van der Waals surface area contributed by atoms with E-state index in [-0.39, 0.29) is 24.5 Å². The van der Waals surface area contributed by atoms with Crippen LogP contribution < -0.4 is 0 Å². The lowest BCUT2D eigenvalue weighted by Gasteiger charge is -2.56. The van der Waals surface area contributed by atoms with Gasteiger partial charge >= 0.3 is 12.1 Å². The molecule has 8 heteroatoms. The Labute approximate surface area is 235 Å². The highest BCUT2D eigenvalue weighted by molar-refractivity contribution is 5.93. The Kier molecular flexibility index (Phi) is 6.64. The summed E-state index contributed by atoms with van der Waals surface area (Å²) < 4.78 is 71.7. The smallest absolute Gasteiger partial charge is 0.383 e. The maximum absolute atomic E-state index is 15.2. The molecule has 4 aliphatic carbocycles. The summed E-state index contributed by atoms with van der Waals surface area (Å²) in [4.78, 5) is 16.3. The van der Waals surface area contributed by atoms with Crippen LogP contribution in [0, 0.1) is 17.3 Å². The number of hydrogen-bond donors (Lipinski definition) is 1. The molecule has 41 heavy (non-hydrogen) atoms. The summed E-state index contributed by atoms with van der Waals surface area (Å²) in [7, 11) is 0. The zero-order chi connectivity index (χ0) is 29.2. The molecule has 0 spiro atoms. The second-order valence-electron chi connectivity index (χ2n) is 12.3. The van der Waals surface area contributed by atoms with E-state index in [1.165, 1.54) is 6.92 Å². The first-order valence-electron chi connectivity index (χ1n) is 14.2. The Hall–Kier alpha value is -3.13. The van der Waals surface area contributed by atoms with Crippen molar-refractivity contribution in [2.75, 3.05) is 0 Å². The summed E-state index contributed by atoms with van der Waals surface area (Å²) >= 11 is 0. The van der Waals surface area contributed by atoms with E-state index in [2.05, 4.69) is 4.98 Å². The van der Waals surface area contributed by atoms with Gasteiger partial charge in [-0.1, -0.05) is 48.9 Å². The highest BCUT2D eigenvalue weighted by Gasteiger charge is 2.79. The number of halogens is 5. The molecule has 0 aliphatic heterocycles. The third-order valence-electron chi connectivity index (χ3n) is 10.2. The second-order valence-corrected chi connectivity index (χ2v) is 12.3. The summed E-state index contributed by atoms with van der Waals surface area (Å²) in [5.74, 6) is -6.41. The van der Waals surface area contributed by atoms with Gasteiger partial charge in [-0.2, -0.15) is 22.0 Å². The number of alkyl halides is 5. The number of aliphatic hydroxyl groups is 1. The number of allylic oxidation sites excluding steroid dienone is 4. The van der Waals surface area contributed by atoms with Crippen molar-refractivity contribution in [3.05, 3.63) is 88.3 Å². The Balaban J connectivity index is 1.48. The minimum Gasteiger partial charge on any atom is -0.383 e. The zero-order valence-corrected chi connectivity index (χ0v) is 22.7. The van der Waals surface area contributed by atoms with Crippen molar-refractivity contribution in [2.24, 2.45) is 17.3 Å². The lowest BCUT2D eigenvalue weighted by atomic mass is 9.50. The van der Waals surface area contributed by atoms with E-state index in [4.69, 9.17) is 0 Å². The number of carbonyl (C=O) groups is 1. The lowest BCUT2D eigenvalue weighted by Crippen LogP contribution is -2.65. The van der Waals surface area contributed by atoms with E-state index in [0.717, 1.165) is 33.4 Å². The molecular weight excluding hydrogens is 537 g/mol. The second kappa shape index (κ2) is 9.72. The average molecular weight is 570 g/mol. The van der Waals surface area contributed by atoms with Crippen LogP contribution in [0.2, 0.25) is 0 Å². The molecule has 1 aromatic carbocycles. The van der Waals surface area contributed by atoms with Gasteiger partial charge in [0.2, 0.25) is 0 Å². The quantitative estimate of drug-likeness (QED) is 0.379. The van der Waals surface area contributed by atoms with Gasteiger partial charge in [0.05, 0.1) is 0 Å². The van der Waals surface area contributed by atoms with E-state index >= 15 is 8.78 Å². The molecule has 1 heterocycles. The number of nitrogens with zero attached hydrogens (tertiary/aromatic N) is 1. The SMILES string of the molecule is C[C@]12C[C@H](c3cccc(C=Cc4ccncc4)c3)C3=C4CCC(=O)C=C4CC[C@H]3[C@@H]1CC[C@@]2(O)C(F)(F)C(F)(F)F. The fourth-order valence-corrected chi connectivity index (χ4v) is 8.26. The molecule has 1 aromatic heterocycles. The highest BCUT2D eigenvalue weighted by atomic mass is 19.4. The van der Waals surface area contributed by atoms with Crippen LogP contribution in [0.15, 0.2) is 71.6 Å². The van der Waals surface area contributed by atoms with Crippen molar-refractivity contribution in [3.8, 4) is 0 Å². The molecule has 2 aromatic rings. The molecule has 6 rings (SSSR count).